The van der Waals surface area contributed by atoms with Crippen molar-refractivity contribution in [2.24, 2.45) is 0 Å². The molecule has 1 rings (SSSR count). The van der Waals surface area contributed by atoms with E-state index in [-0.39, 0.29) is 18.0 Å². The van der Waals surface area contributed by atoms with E-state index in [2.05, 4.69) is 16.0 Å². The maximum Gasteiger partial charge on any atom is 0.240 e. The van der Waals surface area contributed by atoms with Gasteiger partial charge in [-0.3, -0.25) is 0 Å². The highest BCUT2D eigenvalue weighted by Gasteiger charge is 2.17. The summed E-state index contributed by atoms with van der Waals surface area (Å²) in [5, 5.41) is 20.8. The highest BCUT2D eigenvalue weighted by atomic mass is 32.2. The minimum Gasteiger partial charge on any atom is -0.495 e. The summed E-state index contributed by atoms with van der Waals surface area (Å²) < 4.78 is 31.4. The number of nitrogens with one attached hydrogen (secondary N) is 2. The fraction of sp³-hybridized carbons (Fsp3) is 0.385. The Morgan fingerprint density at radius 3 is 2.76 bits per heavy atom. The van der Waals surface area contributed by atoms with Crippen LogP contribution in [0.25, 0.3) is 0 Å². The third kappa shape index (κ3) is 4.91. The molecule has 1 atom stereocenters. The minimum absolute atomic E-state index is 0.0178. The molecule has 0 aliphatic rings. The molecule has 0 aliphatic heterocycles. The van der Waals surface area contributed by atoms with Crippen molar-refractivity contribution < 1.29 is 23.4 Å². The molecule has 0 amide bonds. The maximum absolute atomic E-state index is 12.0. The first-order valence-corrected chi connectivity index (χ1v) is 7.57. The molecule has 4 N–H and O–H groups in total. The van der Waals surface area contributed by atoms with Crippen molar-refractivity contribution in [2.45, 2.75) is 11.0 Å². The van der Waals surface area contributed by atoms with E-state index in [0.29, 0.717) is 11.4 Å². The largest absolute Gasteiger partial charge is 0.495 e. The molecule has 21 heavy (non-hydrogen) atoms. The fourth-order valence-electron chi connectivity index (χ4n) is 1.48. The molecule has 8 heteroatoms. The molecule has 1 unspecified atom stereocenters. The van der Waals surface area contributed by atoms with E-state index in [4.69, 9.17) is 16.3 Å². The van der Waals surface area contributed by atoms with Gasteiger partial charge in [0.15, 0.2) is 0 Å². The summed E-state index contributed by atoms with van der Waals surface area (Å²) in [5.74, 6) is 2.73. The average molecular weight is 314 g/mol. The van der Waals surface area contributed by atoms with Gasteiger partial charge in [0.05, 0.1) is 36.9 Å². The molecule has 0 saturated heterocycles. The van der Waals surface area contributed by atoms with Crippen molar-refractivity contribution in [3.05, 3.63) is 18.2 Å². The van der Waals surface area contributed by atoms with Gasteiger partial charge in [0.2, 0.25) is 10.0 Å². The van der Waals surface area contributed by atoms with Crippen molar-refractivity contribution in [1.29, 1.82) is 0 Å². The Morgan fingerprint density at radius 2 is 2.19 bits per heavy atom. The van der Waals surface area contributed by atoms with E-state index in [1.807, 2.05) is 0 Å². The number of ether oxygens (including phenoxy) is 1. The normalized spacial score (nSPS) is 12.5. The molecule has 0 radical (unpaired) electrons. The zero-order valence-electron chi connectivity index (χ0n) is 11.5. The van der Waals surface area contributed by atoms with E-state index >= 15 is 0 Å². The zero-order valence-corrected chi connectivity index (χ0v) is 12.4. The number of rotatable bonds is 8. The number of anilines is 1. The van der Waals surface area contributed by atoms with Crippen LogP contribution < -0.4 is 14.8 Å². The van der Waals surface area contributed by atoms with Gasteiger partial charge in [-0.15, -0.1) is 6.42 Å². The molecular weight excluding hydrogens is 296 g/mol. The number of aliphatic hydroxyl groups excluding tert-OH is 2. The topological polar surface area (TPSA) is 108 Å². The van der Waals surface area contributed by atoms with Crippen LogP contribution in [0.5, 0.6) is 5.75 Å². The Kier molecular flexibility index (Phi) is 6.45. The van der Waals surface area contributed by atoms with E-state index in [1.54, 1.807) is 0 Å². The van der Waals surface area contributed by atoms with Crippen LogP contribution in [0.4, 0.5) is 5.69 Å². The molecule has 0 saturated carbocycles. The van der Waals surface area contributed by atoms with Crippen LogP contribution in [0.2, 0.25) is 0 Å². The van der Waals surface area contributed by atoms with Crippen molar-refractivity contribution >= 4 is 15.7 Å². The first kappa shape index (κ1) is 17.3. The Balaban J connectivity index is 2.95. The third-order valence-corrected chi connectivity index (χ3v) is 4.01. The predicted octanol–water partition coefficient (Wildman–Crippen LogP) is -0.628. The summed E-state index contributed by atoms with van der Waals surface area (Å²) in [5.41, 5.74) is 0.574. The van der Waals surface area contributed by atoms with Crippen LogP contribution in [0.3, 0.4) is 0 Å². The van der Waals surface area contributed by atoms with Crippen LogP contribution in [0, 0.1) is 12.3 Å². The number of hydrogen-bond donors (Lipinski definition) is 4. The molecule has 0 bridgehead atoms. The molecular formula is C13H18N2O5S. The molecule has 0 heterocycles. The van der Waals surface area contributed by atoms with Crippen LogP contribution in [0.15, 0.2) is 23.1 Å². The van der Waals surface area contributed by atoms with Crippen LogP contribution in [-0.4, -0.2) is 51.5 Å². The second-order valence-corrected chi connectivity index (χ2v) is 5.88. The second kappa shape index (κ2) is 7.85. The Bertz CT molecular complexity index is 609. The van der Waals surface area contributed by atoms with Crippen LogP contribution >= 0.6 is 0 Å². The number of hydrogen-bond acceptors (Lipinski definition) is 6. The van der Waals surface area contributed by atoms with Gasteiger partial charge in [-0.2, -0.15) is 0 Å². The number of methoxy groups -OCH3 is 1. The predicted molar refractivity (Wildman–Crippen MR) is 78.6 cm³/mol. The van der Waals surface area contributed by atoms with Gasteiger partial charge >= 0.3 is 0 Å². The summed E-state index contributed by atoms with van der Waals surface area (Å²) in [6, 6.07) is 4.26. The van der Waals surface area contributed by atoms with Gasteiger partial charge in [0, 0.05) is 12.6 Å². The van der Waals surface area contributed by atoms with E-state index < -0.39 is 22.7 Å². The molecule has 7 nitrogen and oxygen atoms in total. The lowest BCUT2D eigenvalue weighted by molar-refractivity contribution is 0.0988. The average Bonchev–Trinajstić information content (AvgIpc) is 2.50. The maximum atomic E-state index is 12.0. The van der Waals surface area contributed by atoms with Gasteiger partial charge in [0.1, 0.15) is 5.75 Å². The monoisotopic (exact) mass is 314 g/mol. The summed E-state index contributed by atoms with van der Waals surface area (Å²) in [7, 11) is -2.39. The first-order chi connectivity index (χ1) is 9.94. The smallest absolute Gasteiger partial charge is 0.240 e. The lowest BCUT2D eigenvalue weighted by Gasteiger charge is -2.13. The summed E-state index contributed by atoms with van der Waals surface area (Å²) in [4.78, 5) is -0.0178. The first-order valence-electron chi connectivity index (χ1n) is 6.08. The van der Waals surface area contributed by atoms with Crippen molar-refractivity contribution in [2.75, 3.05) is 32.1 Å². The molecule has 0 aliphatic carbocycles. The van der Waals surface area contributed by atoms with Gasteiger partial charge in [-0.1, -0.05) is 5.92 Å². The standard InChI is InChI=1S/C13H18N2O5S/c1-3-6-14-12-5-4-11(7-13(12)20-2)21(18,19)15-8-10(17)9-16/h1,4-5,7,10,14-17H,6,8-9H2,2H3. The Labute approximate surface area is 124 Å². The van der Waals surface area contributed by atoms with E-state index in [9.17, 15) is 13.5 Å². The van der Waals surface area contributed by atoms with Gasteiger partial charge in [-0.25, -0.2) is 13.1 Å². The quantitative estimate of drug-likeness (QED) is 0.476. The summed E-state index contributed by atoms with van der Waals surface area (Å²) in [6.07, 6.45) is 3.99. The number of aliphatic hydroxyl groups is 2. The molecule has 0 fully saturated rings. The van der Waals surface area contributed by atoms with Crippen LogP contribution in [0.1, 0.15) is 0 Å². The Hall–Kier alpha value is -1.79. The fourth-order valence-corrected chi connectivity index (χ4v) is 2.57. The van der Waals surface area contributed by atoms with Crippen molar-refractivity contribution in [3.8, 4) is 18.1 Å². The van der Waals surface area contributed by atoms with E-state index in [0.717, 1.165) is 0 Å². The van der Waals surface area contributed by atoms with Crippen molar-refractivity contribution in [3.63, 3.8) is 0 Å². The minimum atomic E-state index is -3.80. The Morgan fingerprint density at radius 1 is 1.48 bits per heavy atom. The number of benzene rings is 1. The highest BCUT2D eigenvalue weighted by molar-refractivity contribution is 7.89. The molecule has 1 aromatic carbocycles. The van der Waals surface area contributed by atoms with Gasteiger partial charge in [-0.05, 0) is 12.1 Å². The van der Waals surface area contributed by atoms with Gasteiger partial charge < -0.3 is 20.3 Å². The lowest BCUT2D eigenvalue weighted by Crippen LogP contribution is -2.33. The SMILES string of the molecule is C#CCNc1ccc(S(=O)(=O)NCC(O)CO)cc1OC. The number of sulfonamides is 1. The zero-order chi connectivity index (χ0) is 15.9. The highest BCUT2D eigenvalue weighted by Crippen LogP contribution is 2.27. The molecule has 116 valence electrons. The van der Waals surface area contributed by atoms with Crippen LogP contribution in [-0.2, 0) is 10.0 Å². The van der Waals surface area contributed by atoms with Crippen molar-refractivity contribution in [1.82, 2.24) is 4.72 Å². The third-order valence-electron chi connectivity index (χ3n) is 2.58. The molecule has 1 aromatic rings. The number of terminal acetylenes is 1. The van der Waals surface area contributed by atoms with E-state index in [1.165, 1.54) is 25.3 Å². The van der Waals surface area contributed by atoms with Gasteiger partial charge in [0.25, 0.3) is 0 Å². The second-order valence-electron chi connectivity index (χ2n) is 4.11. The molecule has 0 aromatic heterocycles. The molecule has 0 spiro atoms. The summed E-state index contributed by atoms with van der Waals surface area (Å²) in [6.45, 7) is -0.525. The lowest BCUT2D eigenvalue weighted by atomic mass is 10.3. The summed E-state index contributed by atoms with van der Waals surface area (Å²) >= 11 is 0.